The lowest BCUT2D eigenvalue weighted by atomic mass is 10.4. The number of nitrogens with two attached hydrogens (primary N) is 1. The molecule has 7 heavy (non-hydrogen) atoms. The van der Waals surface area contributed by atoms with Crippen molar-refractivity contribution in [3.05, 3.63) is 12.8 Å². The van der Waals surface area contributed by atoms with Gasteiger partial charge in [-0.25, -0.2) is 0 Å². The van der Waals surface area contributed by atoms with Crippen LogP contribution in [0.4, 0.5) is 0 Å². The van der Waals surface area contributed by atoms with Crippen LogP contribution in [0.15, 0.2) is 12.8 Å². The lowest BCUT2D eigenvalue weighted by Gasteiger charge is -2.05. The topological polar surface area (TPSA) is 35.2 Å². The van der Waals surface area contributed by atoms with E-state index in [1.165, 1.54) is 6.26 Å². The molecule has 0 radical (unpaired) electrons. The van der Waals surface area contributed by atoms with E-state index in [9.17, 15) is 0 Å². The maximum absolute atomic E-state index is 5.29. The third kappa shape index (κ3) is 3.33. The predicted molar refractivity (Wildman–Crippen MR) is 29.5 cm³/mol. The van der Waals surface area contributed by atoms with Crippen LogP contribution in [-0.2, 0) is 4.74 Å². The molecule has 0 bridgehead atoms. The molecule has 0 aromatic rings. The Morgan fingerprint density at radius 3 is 2.71 bits per heavy atom. The molecule has 0 aliphatic heterocycles. The summed E-state index contributed by atoms with van der Waals surface area (Å²) in [5, 5.41) is 0. The van der Waals surface area contributed by atoms with Crippen molar-refractivity contribution in [3.63, 3.8) is 0 Å². The molecule has 0 fully saturated rings. The molecule has 0 aromatic heterocycles. The van der Waals surface area contributed by atoms with E-state index in [0.717, 1.165) is 6.42 Å². The third-order valence-corrected chi connectivity index (χ3v) is 0.673. The minimum absolute atomic E-state index is 0.169. The normalized spacial score (nSPS) is 12.9. The molecule has 2 heteroatoms. The van der Waals surface area contributed by atoms with Crippen LogP contribution in [0.5, 0.6) is 0 Å². The van der Waals surface area contributed by atoms with Crippen molar-refractivity contribution in [1.82, 2.24) is 0 Å². The fourth-order valence-electron chi connectivity index (χ4n) is 0.220. The summed E-state index contributed by atoms with van der Waals surface area (Å²) in [6.07, 6.45) is 2.01. The average Bonchev–Trinajstić information content (AvgIpc) is 1.68. The monoisotopic (exact) mass is 101 g/mol. The lowest BCUT2D eigenvalue weighted by Crippen LogP contribution is -2.19. The van der Waals surface area contributed by atoms with Gasteiger partial charge in [0, 0.05) is 0 Å². The van der Waals surface area contributed by atoms with Crippen LogP contribution in [0.2, 0.25) is 0 Å². The van der Waals surface area contributed by atoms with Gasteiger partial charge in [-0.2, -0.15) is 0 Å². The summed E-state index contributed by atoms with van der Waals surface area (Å²) < 4.78 is 4.73. The fraction of sp³-hybridized carbons (Fsp3) is 0.600. The number of hydrogen-bond acceptors (Lipinski definition) is 2. The van der Waals surface area contributed by atoms with Gasteiger partial charge in [0.2, 0.25) is 0 Å². The maximum atomic E-state index is 5.29. The summed E-state index contributed by atoms with van der Waals surface area (Å²) >= 11 is 0. The van der Waals surface area contributed by atoms with E-state index in [2.05, 4.69) is 6.58 Å². The Bertz CT molecular complexity index is 54.0. The van der Waals surface area contributed by atoms with Crippen LogP contribution in [0.1, 0.15) is 13.3 Å². The van der Waals surface area contributed by atoms with Crippen molar-refractivity contribution < 1.29 is 4.74 Å². The van der Waals surface area contributed by atoms with Crippen LogP contribution in [0.25, 0.3) is 0 Å². The molecule has 1 unspecified atom stereocenters. The molecule has 42 valence electrons. The second-order valence-electron chi connectivity index (χ2n) is 1.25. The number of rotatable bonds is 3. The van der Waals surface area contributed by atoms with Gasteiger partial charge in [0.1, 0.15) is 6.23 Å². The molecule has 0 spiro atoms. The second kappa shape index (κ2) is 3.68. The molecule has 2 N–H and O–H groups in total. The molecule has 2 nitrogen and oxygen atoms in total. The van der Waals surface area contributed by atoms with Gasteiger partial charge in [-0.15, -0.1) is 0 Å². The van der Waals surface area contributed by atoms with Crippen molar-refractivity contribution in [3.8, 4) is 0 Å². The Morgan fingerprint density at radius 1 is 2.00 bits per heavy atom. The van der Waals surface area contributed by atoms with Gasteiger partial charge in [0.25, 0.3) is 0 Å². The SMILES string of the molecule is C=COC(N)CC. The Kier molecular flexibility index (Phi) is 3.42. The predicted octanol–water partition coefficient (Wildman–Crippen LogP) is 0.841. The molecule has 0 saturated heterocycles. The zero-order chi connectivity index (χ0) is 5.70. The van der Waals surface area contributed by atoms with Gasteiger partial charge in [-0.05, 0) is 6.42 Å². The Balaban J connectivity index is 2.98. The quantitative estimate of drug-likeness (QED) is 0.422. The number of hydrogen-bond donors (Lipinski definition) is 1. The summed E-state index contributed by atoms with van der Waals surface area (Å²) in [6.45, 7) is 5.30. The zero-order valence-electron chi connectivity index (χ0n) is 4.55. The summed E-state index contributed by atoms with van der Waals surface area (Å²) in [5.74, 6) is 0. The first-order chi connectivity index (χ1) is 3.31. The van der Waals surface area contributed by atoms with Gasteiger partial charge < -0.3 is 4.74 Å². The van der Waals surface area contributed by atoms with E-state index in [1.54, 1.807) is 0 Å². The largest absolute Gasteiger partial charge is 0.484 e. The highest BCUT2D eigenvalue weighted by Gasteiger charge is 1.90. The third-order valence-electron chi connectivity index (χ3n) is 0.673. The second-order valence-corrected chi connectivity index (χ2v) is 1.25. The molecular formula is C5H11NO. The fourth-order valence-corrected chi connectivity index (χ4v) is 0.220. The summed E-state index contributed by atoms with van der Waals surface area (Å²) in [7, 11) is 0. The highest BCUT2D eigenvalue weighted by Crippen LogP contribution is 1.86. The van der Waals surface area contributed by atoms with Crippen LogP contribution in [-0.4, -0.2) is 6.23 Å². The van der Waals surface area contributed by atoms with E-state index in [1.807, 2.05) is 6.92 Å². The smallest absolute Gasteiger partial charge is 0.146 e. The molecule has 1 atom stereocenters. The van der Waals surface area contributed by atoms with Gasteiger partial charge in [-0.1, -0.05) is 13.5 Å². The Hall–Kier alpha value is -0.500. The molecular weight excluding hydrogens is 90.1 g/mol. The van der Waals surface area contributed by atoms with Crippen LogP contribution in [0.3, 0.4) is 0 Å². The molecule has 0 heterocycles. The van der Waals surface area contributed by atoms with Crippen molar-refractivity contribution in [1.29, 1.82) is 0 Å². The Labute approximate surface area is 44.0 Å². The van der Waals surface area contributed by atoms with Crippen LogP contribution in [0, 0.1) is 0 Å². The molecule has 0 saturated carbocycles. The van der Waals surface area contributed by atoms with Gasteiger partial charge in [0.15, 0.2) is 0 Å². The zero-order valence-corrected chi connectivity index (χ0v) is 4.55. The minimum atomic E-state index is -0.169. The molecule has 0 amide bonds. The minimum Gasteiger partial charge on any atom is -0.484 e. The van der Waals surface area contributed by atoms with E-state index < -0.39 is 0 Å². The molecule has 0 rings (SSSR count). The highest BCUT2D eigenvalue weighted by molar-refractivity contribution is 4.52. The van der Waals surface area contributed by atoms with E-state index >= 15 is 0 Å². The summed E-state index contributed by atoms with van der Waals surface area (Å²) in [5.41, 5.74) is 5.29. The van der Waals surface area contributed by atoms with E-state index in [4.69, 9.17) is 10.5 Å². The molecule has 0 aliphatic carbocycles. The average molecular weight is 101 g/mol. The molecule has 0 aromatic carbocycles. The van der Waals surface area contributed by atoms with Crippen LogP contribution >= 0.6 is 0 Å². The number of ether oxygens (including phenoxy) is 1. The highest BCUT2D eigenvalue weighted by atomic mass is 16.5. The molecule has 0 aliphatic rings. The summed E-state index contributed by atoms with van der Waals surface area (Å²) in [4.78, 5) is 0. The summed E-state index contributed by atoms with van der Waals surface area (Å²) in [6, 6.07) is 0. The van der Waals surface area contributed by atoms with Gasteiger partial charge in [-0.3, -0.25) is 5.73 Å². The van der Waals surface area contributed by atoms with Crippen molar-refractivity contribution >= 4 is 0 Å². The van der Waals surface area contributed by atoms with Crippen molar-refractivity contribution in [2.45, 2.75) is 19.6 Å². The maximum Gasteiger partial charge on any atom is 0.146 e. The van der Waals surface area contributed by atoms with Crippen LogP contribution < -0.4 is 5.73 Å². The van der Waals surface area contributed by atoms with E-state index in [0.29, 0.717) is 0 Å². The first kappa shape index (κ1) is 6.50. The lowest BCUT2D eigenvalue weighted by molar-refractivity contribution is 0.148. The first-order valence-electron chi connectivity index (χ1n) is 2.33. The van der Waals surface area contributed by atoms with Gasteiger partial charge >= 0.3 is 0 Å². The first-order valence-corrected chi connectivity index (χ1v) is 2.33. The van der Waals surface area contributed by atoms with Crippen molar-refractivity contribution in [2.24, 2.45) is 5.73 Å². The standard InChI is InChI=1S/C5H11NO/c1-3-5(6)7-4-2/h4-5H,2-3,6H2,1H3. The van der Waals surface area contributed by atoms with Crippen molar-refractivity contribution in [2.75, 3.05) is 0 Å². The van der Waals surface area contributed by atoms with E-state index in [-0.39, 0.29) is 6.23 Å². The Morgan fingerprint density at radius 2 is 2.57 bits per heavy atom. The van der Waals surface area contributed by atoms with Gasteiger partial charge in [0.05, 0.1) is 6.26 Å².